The van der Waals surface area contributed by atoms with Crippen molar-refractivity contribution in [3.63, 3.8) is 0 Å². The first kappa shape index (κ1) is 19.8. The maximum Gasteiger partial charge on any atom is 0.123 e. The number of nitrogens with two attached hydrogens (primary N) is 1. The van der Waals surface area contributed by atoms with E-state index in [0.717, 1.165) is 68.6 Å². The van der Waals surface area contributed by atoms with E-state index in [2.05, 4.69) is 16.4 Å². The molecular weight excluding hydrogens is 341 g/mol. The fraction of sp³-hybridized carbons (Fsp3) is 0.500. The van der Waals surface area contributed by atoms with Crippen molar-refractivity contribution in [2.75, 3.05) is 25.4 Å². The summed E-state index contributed by atoms with van der Waals surface area (Å²) in [7, 11) is 0. The summed E-state index contributed by atoms with van der Waals surface area (Å²) in [6, 6.07) is 10.9. The van der Waals surface area contributed by atoms with Crippen LogP contribution in [0.1, 0.15) is 36.1 Å². The molecule has 1 aromatic carbocycles. The molecule has 1 aliphatic rings. The van der Waals surface area contributed by atoms with Crippen LogP contribution in [0, 0.1) is 18.7 Å². The third-order valence-corrected chi connectivity index (χ3v) is 5.12. The van der Waals surface area contributed by atoms with E-state index >= 15 is 0 Å². The van der Waals surface area contributed by atoms with E-state index < -0.39 is 0 Å². The molecule has 3 N–H and O–H groups in total. The second kappa shape index (κ2) is 9.81. The van der Waals surface area contributed by atoms with Gasteiger partial charge in [-0.15, -0.1) is 0 Å². The lowest BCUT2D eigenvalue weighted by Gasteiger charge is -2.19. The highest BCUT2D eigenvalue weighted by Gasteiger charge is 2.28. The fourth-order valence-electron chi connectivity index (χ4n) is 3.78. The number of rotatable bonds is 9. The summed E-state index contributed by atoms with van der Waals surface area (Å²) in [5.41, 5.74) is 9.14. The zero-order chi connectivity index (χ0) is 19.1. The van der Waals surface area contributed by atoms with Crippen LogP contribution in [0.2, 0.25) is 0 Å². The van der Waals surface area contributed by atoms with E-state index in [1.54, 1.807) is 12.1 Å². The summed E-state index contributed by atoms with van der Waals surface area (Å²) in [6.45, 7) is 4.68. The average Bonchev–Trinajstić information content (AvgIpc) is 3.04. The zero-order valence-corrected chi connectivity index (χ0v) is 16.1. The number of nitrogens with zero attached hydrogens (tertiary/aromatic N) is 1. The molecule has 1 fully saturated rings. The molecule has 1 aliphatic heterocycles. The molecule has 0 spiro atoms. The SMILES string of the molecule is Cc1cc(N)nc(C[C@H]2CNC[C@H]2OCCCCCc2cccc(F)c2)c1. The molecule has 27 heavy (non-hydrogen) atoms. The first-order valence-corrected chi connectivity index (χ1v) is 9.90. The highest BCUT2D eigenvalue weighted by atomic mass is 19.1. The van der Waals surface area contributed by atoms with Gasteiger partial charge in [-0.2, -0.15) is 0 Å². The second-order valence-corrected chi connectivity index (χ2v) is 7.53. The maximum absolute atomic E-state index is 13.2. The number of anilines is 1. The van der Waals surface area contributed by atoms with Crippen molar-refractivity contribution in [3.05, 3.63) is 59.0 Å². The van der Waals surface area contributed by atoms with Crippen molar-refractivity contribution in [1.82, 2.24) is 10.3 Å². The molecule has 0 saturated carbocycles. The van der Waals surface area contributed by atoms with Gasteiger partial charge in [-0.05, 0) is 68.0 Å². The number of aromatic nitrogens is 1. The molecule has 0 aliphatic carbocycles. The van der Waals surface area contributed by atoms with Gasteiger partial charge in [0.15, 0.2) is 0 Å². The molecule has 4 nitrogen and oxygen atoms in total. The Kier molecular flexibility index (Phi) is 7.18. The number of hydrogen-bond acceptors (Lipinski definition) is 4. The van der Waals surface area contributed by atoms with Gasteiger partial charge in [-0.1, -0.05) is 18.6 Å². The Morgan fingerprint density at radius 1 is 1.19 bits per heavy atom. The summed E-state index contributed by atoms with van der Waals surface area (Å²) in [4.78, 5) is 4.46. The smallest absolute Gasteiger partial charge is 0.123 e. The van der Waals surface area contributed by atoms with Crippen LogP contribution >= 0.6 is 0 Å². The monoisotopic (exact) mass is 371 g/mol. The Balaban J connectivity index is 1.36. The van der Waals surface area contributed by atoms with Gasteiger partial charge in [-0.3, -0.25) is 0 Å². The molecule has 0 amide bonds. The third kappa shape index (κ3) is 6.29. The van der Waals surface area contributed by atoms with Gasteiger partial charge in [0.1, 0.15) is 11.6 Å². The lowest BCUT2D eigenvalue weighted by molar-refractivity contribution is 0.0354. The van der Waals surface area contributed by atoms with Crippen molar-refractivity contribution >= 4 is 5.82 Å². The summed E-state index contributed by atoms with van der Waals surface area (Å²) in [5, 5.41) is 3.43. The predicted octanol–water partition coefficient (Wildman–Crippen LogP) is 3.67. The molecular formula is C22H30FN3O. The number of halogens is 1. The molecule has 0 radical (unpaired) electrons. The number of aryl methyl sites for hydroxylation is 2. The van der Waals surface area contributed by atoms with Crippen LogP contribution < -0.4 is 11.1 Å². The minimum atomic E-state index is -0.152. The summed E-state index contributed by atoms with van der Waals surface area (Å²) in [5.74, 6) is 0.873. The third-order valence-electron chi connectivity index (χ3n) is 5.12. The van der Waals surface area contributed by atoms with Crippen LogP contribution in [0.4, 0.5) is 10.2 Å². The summed E-state index contributed by atoms with van der Waals surface area (Å²) in [6.07, 6.45) is 5.24. The van der Waals surface area contributed by atoms with Crippen molar-refractivity contribution in [1.29, 1.82) is 0 Å². The summed E-state index contributed by atoms with van der Waals surface area (Å²) < 4.78 is 19.3. The van der Waals surface area contributed by atoms with Crippen molar-refractivity contribution in [3.8, 4) is 0 Å². The summed E-state index contributed by atoms with van der Waals surface area (Å²) >= 11 is 0. The number of benzene rings is 1. The van der Waals surface area contributed by atoms with Gasteiger partial charge in [0, 0.05) is 31.3 Å². The van der Waals surface area contributed by atoms with E-state index in [1.165, 1.54) is 6.07 Å². The molecule has 1 aromatic heterocycles. The molecule has 2 atom stereocenters. The van der Waals surface area contributed by atoms with Gasteiger partial charge in [0.25, 0.3) is 0 Å². The van der Waals surface area contributed by atoms with Crippen LogP contribution in [0.5, 0.6) is 0 Å². The quantitative estimate of drug-likeness (QED) is 0.660. The van der Waals surface area contributed by atoms with E-state index in [0.29, 0.717) is 11.7 Å². The van der Waals surface area contributed by atoms with E-state index in [1.807, 2.05) is 19.1 Å². The lowest BCUT2D eigenvalue weighted by atomic mass is 9.99. The number of hydrogen-bond donors (Lipinski definition) is 2. The minimum Gasteiger partial charge on any atom is -0.384 e. The zero-order valence-electron chi connectivity index (χ0n) is 16.1. The minimum absolute atomic E-state index is 0.152. The first-order chi connectivity index (χ1) is 13.1. The number of unbranched alkanes of at least 4 members (excludes halogenated alkanes) is 2. The number of nitrogens with one attached hydrogen (secondary N) is 1. The fourth-order valence-corrected chi connectivity index (χ4v) is 3.78. The Hall–Kier alpha value is -1.98. The molecule has 0 unspecified atom stereocenters. The number of pyridine rings is 1. The van der Waals surface area contributed by atoms with Crippen LogP contribution in [0.3, 0.4) is 0 Å². The molecule has 146 valence electrons. The molecule has 0 bridgehead atoms. The maximum atomic E-state index is 13.2. The van der Waals surface area contributed by atoms with Crippen molar-refractivity contribution in [2.24, 2.45) is 5.92 Å². The average molecular weight is 372 g/mol. The molecule has 1 saturated heterocycles. The topological polar surface area (TPSA) is 60.2 Å². The first-order valence-electron chi connectivity index (χ1n) is 9.90. The van der Waals surface area contributed by atoms with Crippen LogP contribution in [-0.4, -0.2) is 30.8 Å². The van der Waals surface area contributed by atoms with E-state index in [4.69, 9.17) is 10.5 Å². The molecule has 2 aromatic rings. The van der Waals surface area contributed by atoms with Crippen LogP contribution in [0.25, 0.3) is 0 Å². The van der Waals surface area contributed by atoms with Crippen LogP contribution in [-0.2, 0) is 17.6 Å². The van der Waals surface area contributed by atoms with Gasteiger partial charge < -0.3 is 15.8 Å². The van der Waals surface area contributed by atoms with E-state index in [-0.39, 0.29) is 11.9 Å². The van der Waals surface area contributed by atoms with Crippen molar-refractivity contribution < 1.29 is 9.13 Å². The molecule has 3 rings (SSSR count). The highest BCUT2D eigenvalue weighted by molar-refractivity contribution is 5.34. The molecule has 5 heteroatoms. The van der Waals surface area contributed by atoms with E-state index in [9.17, 15) is 4.39 Å². The lowest BCUT2D eigenvalue weighted by Crippen LogP contribution is -2.25. The van der Waals surface area contributed by atoms with Gasteiger partial charge in [0.05, 0.1) is 6.10 Å². The molecule has 2 heterocycles. The Bertz CT molecular complexity index is 717. The Labute approximate surface area is 161 Å². The Morgan fingerprint density at radius 3 is 2.89 bits per heavy atom. The Morgan fingerprint density at radius 2 is 2.07 bits per heavy atom. The van der Waals surface area contributed by atoms with Gasteiger partial charge in [0.2, 0.25) is 0 Å². The highest BCUT2D eigenvalue weighted by Crippen LogP contribution is 2.20. The van der Waals surface area contributed by atoms with Crippen molar-refractivity contribution in [2.45, 2.75) is 45.1 Å². The number of nitrogen functional groups attached to an aromatic ring is 1. The normalized spacial score (nSPS) is 19.5. The largest absolute Gasteiger partial charge is 0.384 e. The standard InChI is InChI=1S/C22H30FN3O/c1-16-10-20(26-22(24)11-16)13-18-14-25-15-21(18)27-9-4-2-3-6-17-7-5-8-19(23)12-17/h5,7-8,10-12,18,21,25H,2-4,6,9,13-15H2,1H3,(H2,24,26)/t18-,21+/m0/s1. The van der Waals surface area contributed by atoms with Gasteiger partial charge in [-0.25, -0.2) is 9.37 Å². The van der Waals surface area contributed by atoms with Crippen LogP contribution in [0.15, 0.2) is 36.4 Å². The second-order valence-electron chi connectivity index (χ2n) is 7.53. The number of ether oxygens (including phenoxy) is 1. The predicted molar refractivity (Wildman–Crippen MR) is 107 cm³/mol. The van der Waals surface area contributed by atoms with Gasteiger partial charge >= 0.3 is 0 Å².